The molecule has 1 aromatic carbocycles. The number of carbonyl (C=O) groups is 7. The average Bonchev–Trinajstić information content (AvgIpc) is 3.09. The van der Waals surface area contributed by atoms with Crippen LogP contribution in [-0.4, -0.2) is 131 Å². The van der Waals surface area contributed by atoms with Crippen LogP contribution in [0, 0.1) is 12.3 Å². The fourth-order valence-electron chi connectivity index (χ4n) is 5.26. The van der Waals surface area contributed by atoms with Gasteiger partial charge in [0.05, 0.1) is 59.0 Å². The Balaban J connectivity index is 2.61. The first kappa shape index (κ1) is 45.4. The molecule has 1 aromatic rings. The maximum Gasteiger partial charge on any atom is 0.366 e. The van der Waals surface area contributed by atoms with Gasteiger partial charge in [0, 0.05) is 32.7 Å². The number of rotatable bonds is 21. The van der Waals surface area contributed by atoms with Crippen molar-refractivity contribution in [2.75, 3.05) is 53.3 Å². The molecule has 6 atom stereocenters. The highest BCUT2D eigenvalue weighted by atomic mass is 35.5. The number of hydrogen-bond donors (Lipinski definition) is 2. The van der Waals surface area contributed by atoms with Crippen LogP contribution in [0.3, 0.4) is 0 Å². The molecule has 0 radical (unpaired) electrons. The van der Waals surface area contributed by atoms with Gasteiger partial charge >= 0.3 is 29.8 Å². The summed E-state index contributed by atoms with van der Waals surface area (Å²) in [6.07, 6.45) is -2.17. The van der Waals surface area contributed by atoms with Crippen LogP contribution in [0.15, 0.2) is 24.3 Å². The van der Waals surface area contributed by atoms with E-state index in [0.717, 1.165) is 34.8 Å². The van der Waals surface area contributed by atoms with E-state index in [4.69, 9.17) is 60.7 Å². The van der Waals surface area contributed by atoms with Crippen molar-refractivity contribution in [2.24, 2.45) is 0 Å². The molecule has 0 aliphatic carbocycles. The lowest BCUT2D eigenvalue weighted by atomic mass is 9.87. The molecule has 0 aromatic heterocycles. The van der Waals surface area contributed by atoms with E-state index < -0.39 is 97.5 Å². The first-order valence-corrected chi connectivity index (χ1v) is 16.9. The van der Waals surface area contributed by atoms with Gasteiger partial charge in [-0.2, -0.15) is 0 Å². The molecule has 54 heavy (non-hydrogen) atoms. The van der Waals surface area contributed by atoms with E-state index in [1.807, 2.05) is 0 Å². The molecule has 1 aliphatic heterocycles. The lowest BCUT2D eigenvalue weighted by molar-refractivity contribution is -0.315. The van der Waals surface area contributed by atoms with Gasteiger partial charge in [-0.3, -0.25) is 28.8 Å². The van der Waals surface area contributed by atoms with E-state index in [-0.39, 0.29) is 39.5 Å². The van der Waals surface area contributed by atoms with E-state index in [1.54, 1.807) is 24.3 Å². The summed E-state index contributed by atoms with van der Waals surface area (Å²) in [7, 11) is 1.03. The van der Waals surface area contributed by atoms with Gasteiger partial charge in [0.1, 0.15) is 18.8 Å². The zero-order valence-electron chi connectivity index (χ0n) is 30.5. The molecular formula is C35H45ClN2O16. The van der Waals surface area contributed by atoms with Crippen LogP contribution in [0.1, 0.15) is 39.7 Å². The Labute approximate surface area is 317 Å². The molecule has 298 valence electrons. The molecule has 2 amide bonds. The molecular weight excluding hydrogens is 740 g/mol. The molecule has 1 aliphatic rings. The highest BCUT2D eigenvalue weighted by Gasteiger charge is 2.59. The smallest absolute Gasteiger partial charge is 0.366 e. The Morgan fingerprint density at radius 2 is 1.63 bits per heavy atom. The number of esters is 5. The van der Waals surface area contributed by atoms with Crippen LogP contribution in [0.5, 0.6) is 0 Å². The molecule has 0 saturated carbocycles. The minimum Gasteiger partial charge on any atom is -0.465 e. The van der Waals surface area contributed by atoms with Crippen molar-refractivity contribution in [3.05, 3.63) is 34.9 Å². The number of amides is 2. The molecule has 18 nitrogen and oxygen atoms in total. The zero-order valence-corrected chi connectivity index (χ0v) is 31.3. The quantitative estimate of drug-likeness (QED) is 0.0734. The number of nitrogens with one attached hydrogen (secondary N) is 2. The second kappa shape index (κ2) is 23.1. The molecule has 2 rings (SSSR count). The Morgan fingerprint density at radius 3 is 2.24 bits per heavy atom. The molecule has 0 unspecified atom stereocenters. The average molecular weight is 785 g/mol. The number of hydrogen-bond acceptors (Lipinski definition) is 16. The molecule has 0 bridgehead atoms. The first-order chi connectivity index (χ1) is 25.6. The SMILES string of the molecule is C#CCOCCOCCO[C@]1(C(=O)OC)C[C@H](OC(C)=O)[C@@H](NC(=O)COC(C)=O)[C@H]([C@H](OC(C)=O)[C@@H](CNC(=O)Cc2cccc(Cl)c2)OC(C)=O)O1. The number of carbonyl (C=O) groups excluding carboxylic acids is 7. The van der Waals surface area contributed by atoms with Crippen LogP contribution in [0.2, 0.25) is 5.02 Å². The van der Waals surface area contributed by atoms with Gasteiger partial charge in [-0.05, 0) is 17.7 Å². The van der Waals surface area contributed by atoms with E-state index in [9.17, 15) is 33.6 Å². The third-order valence-corrected chi connectivity index (χ3v) is 7.52. The van der Waals surface area contributed by atoms with Gasteiger partial charge in [0.2, 0.25) is 5.91 Å². The number of benzene rings is 1. The van der Waals surface area contributed by atoms with E-state index in [0.29, 0.717) is 10.6 Å². The molecule has 1 saturated heterocycles. The number of halogens is 1. The first-order valence-electron chi connectivity index (χ1n) is 16.5. The van der Waals surface area contributed by atoms with Crippen molar-refractivity contribution in [1.82, 2.24) is 10.6 Å². The largest absolute Gasteiger partial charge is 0.465 e. The Morgan fingerprint density at radius 1 is 0.944 bits per heavy atom. The van der Waals surface area contributed by atoms with Crippen molar-refractivity contribution in [2.45, 2.75) is 76.8 Å². The topological polar surface area (TPSA) is 227 Å². The maximum atomic E-state index is 13.5. The van der Waals surface area contributed by atoms with E-state index in [2.05, 4.69) is 16.6 Å². The lowest BCUT2D eigenvalue weighted by Crippen LogP contribution is -2.70. The minimum absolute atomic E-state index is 0.0695. The summed E-state index contributed by atoms with van der Waals surface area (Å²) in [4.78, 5) is 88.6. The molecule has 0 spiro atoms. The summed E-state index contributed by atoms with van der Waals surface area (Å²) < 4.78 is 49.3. The summed E-state index contributed by atoms with van der Waals surface area (Å²) in [5, 5.41) is 5.53. The standard InChI is InChI=1S/C35H45ClN2O16/c1-7-11-47-12-13-48-14-15-50-35(34(45)46-6)18-27(51-22(3)40)31(38-30(44)20-49-21(2)39)33(54-35)32(53-24(5)42)28(52-23(4)41)19-37-29(43)17-25-9-8-10-26(36)16-25/h1,8-10,16,27-28,31-33H,11-15,17-20H2,2-6H3,(H,37,43)(H,38,44)/t27-,28+,31+,32+,33+,35+/m0/s1. The van der Waals surface area contributed by atoms with Crippen LogP contribution in [0.4, 0.5) is 0 Å². The van der Waals surface area contributed by atoms with Crippen molar-refractivity contribution in [3.8, 4) is 12.3 Å². The molecule has 2 N–H and O–H groups in total. The van der Waals surface area contributed by atoms with E-state index in [1.165, 1.54) is 0 Å². The predicted molar refractivity (Wildman–Crippen MR) is 184 cm³/mol. The van der Waals surface area contributed by atoms with Crippen LogP contribution in [0.25, 0.3) is 0 Å². The molecule has 1 heterocycles. The Kier molecular flexibility index (Phi) is 19.4. The van der Waals surface area contributed by atoms with Crippen molar-refractivity contribution in [3.63, 3.8) is 0 Å². The van der Waals surface area contributed by atoms with Gasteiger partial charge in [0.15, 0.2) is 18.8 Å². The summed E-state index contributed by atoms with van der Waals surface area (Å²) in [5.74, 6) is -6.22. The fourth-order valence-corrected chi connectivity index (χ4v) is 5.48. The van der Waals surface area contributed by atoms with Gasteiger partial charge in [-0.15, -0.1) is 6.42 Å². The van der Waals surface area contributed by atoms with Crippen LogP contribution < -0.4 is 10.6 Å². The van der Waals surface area contributed by atoms with E-state index >= 15 is 0 Å². The fraction of sp³-hybridized carbons (Fsp3) is 0.571. The molecule has 19 heteroatoms. The van der Waals surface area contributed by atoms with Gasteiger partial charge in [-0.25, -0.2) is 4.79 Å². The van der Waals surface area contributed by atoms with Gasteiger partial charge in [0.25, 0.3) is 11.7 Å². The minimum atomic E-state index is -2.42. The van der Waals surface area contributed by atoms with Crippen LogP contribution in [-0.2, 0) is 82.6 Å². The predicted octanol–water partition coefficient (Wildman–Crippen LogP) is 0.183. The highest BCUT2D eigenvalue weighted by Crippen LogP contribution is 2.37. The number of terminal acetylenes is 1. The summed E-state index contributed by atoms with van der Waals surface area (Å²) >= 11 is 6.05. The zero-order chi connectivity index (χ0) is 40.3. The normalized spacial score (nSPS) is 20.2. The second-order valence-electron chi connectivity index (χ2n) is 11.6. The van der Waals surface area contributed by atoms with Gasteiger partial charge in [-0.1, -0.05) is 29.7 Å². The molecule has 1 fully saturated rings. The highest BCUT2D eigenvalue weighted by molar-refractivity contribution is 6.30. The van der Waals surface area contributed by atoms with Crippen molar-refractivity contribution >= 4 is 53.3 Å². The second-order valence-corrected chi connectivity index (χ2v) is 12.0. The number of ether oxygens (including phenoxy) is 9. The Hall–Kier alpha value is -4.80. The third-order valence-electron chi connectivity index (χ3n) is 7.28. The third kappa shape index (κ3) is 15.7. The van der Waals surface area contributed by atoms with Crippen LogP contribution >= 0.6 is 11.6 Å². The van der Waals surface area contributed by atoms with Crippen molar-refractivity contribution in [1.29, 1.82) is 0 Å². The monoisotopic (exact) mass is 784 g/mol. The summed E-state index contributed by atoms with van der Waals surface area (Å²) in [6.45, 7) is 2.80. The summed E-state index contributed by atoms with van der Waals surface area (Å²) in [5.41, 5.74) is 0.556. The Bertz CT molecular complexity index is 1520. The summed E-state index contributed by atoms with van der Waals surface area (Å²) in [6, 6.07) is 5.00. The number of methoxy groups -OCH3 is 1. The van der Waals surface area contributed by atoms with Gasteiger partial charge < -0.3 is 53.3 Å². The maximum absolute atomic E-state index is 13.5. The lowest BCUT2D eigenvalue weighted by Gasteiger charge is -2.48. The van der Waals surface area contributed by atoms with Crippen molar-refractivity contribution < 1.29 is 76.2 Å².